The smallest absolute Gasteiger partial charge is 0.229 e. The minimum absolute atomic E-state index is 0.133. The normalized spacial score (nSPS) is 25.3. The highest BCUT2D eigenvalue weighted by atomic mass is 16.7. The highest BCUT2D eigenvalue weighted by Crippen LogP contribution is 2.42. The Morgan fingerprint density at radius 1 is 0.848 bits per heavy atom. The summed E-state index contributed by atoms with van der Waals surface area (Å²) in [5, 5.41) is 78.8. The number of phenols is 4. The third kappa shape index (κ3) is 3.90. The van der Waals surface area contributed by atoms with E-state index in [1.165, 1.54) is 6.07 Å². The van der Waals surface area contributed by atoms with Crippen LogP contribution in [0.15, 0.2) is 39.5 Å². The second-order valence-corrected chi connectivity index (χ2v) is 7.44. The molecule has 176 valence electrons. The van der Waals surface area contributed by atoms with Crippen LogP contribution >= 0.6 is 0 Å². The zero-order chi connectivity index (χ0) is 24.0. The van der Waals surface area contributed by atoms with Crippen LogP contribution in [0.3, 0.4) is 0 Å². The molecule has 1 aliphatic rings. The number of hydrogen-bond acceptors (Lipinski definition) is 12. The minimum atomic E-state index is -1.82. The summed E-state index contributed by atoms with van der Waals surface area (Å²) in [4.78, 5) is 12.7. The van der Waals surface area contributed by atoms with Crippen molar-refractivity contribution in [3.8, 4) is 40.1 Å². The molecule has 0 aliphatic carbocycles. The van der Waals surface area contributed by atoms with Gasteiger partial charge in [-0.2, -0.15) is 0 Å². The molecule has 0 radical (unpaired) electrons. The summed E-state index contributed by atoms with van der Waals surface area (Å²) >= 11 is 0. The first-order valence-corrected chi connectivity index (χ1v) is 9.64. The van der Waals surface area contributed by atoms with Crippen LogP contribution in [-0.4, -0.2) is 78.2 Å². The van der Waals surface area contributed by atoms with Crippen LogP contribution in [0.5, 0.6) is 28.7 Å². The number of aliphatic hydroxyl groups excluding tert-OH is 4. The first-order valence-electron chi connectivity index (χ1n) is 9.64. The average Bonchev–Trinajstić information content (AvgIpc) is 2.77. The molecule has 12 nitrogen and oxygen atoms in total. The number of ether oxygens (including phenoxy) is 2. The molecule has 1 fully saturated rings. The molecule has 2 heterocycles. The van der Waals surface area contributed by atoms with Crippen LogP contribution in [0.25, 0.3) is 22.3 Å². The Kier molecular flexibility index (Phi) is 5.78. The molecule has 0 amide bonds. The molecule has 0 unspecified atom stereocenters. The van der Waals surface area contributed by atoms with E-state index < -0.39 is 77.1 Å². The van der Waals surface area contributed by atoms with E-state index in [9.17, 15) is 45.6 Å². The number of fused-ring (bicyclic) bond motifs is 1. The molecule has 8 N–H and O–H groups in total. The molecule has 2 aromatic carbocycles. The third-order valence-corrected chi connectivity index (χ3v) is 5.26. The average molecular weight is 464 g/mol. The Hall–Kier alpha value is -3.55. The summed E-state index contributed by atoms with van der Waals surface area (Å²) in [6, 6.07) is 5.40. The highest BCUT2D eigenvalue weighted by molar-refractivity contribution is 5.91. The molecule has 33 heavy (non-hydrogen) atoms. The van der Waals surface area contributed by atoms with Crippen molar-refractivity contribution in [1.82, 2.24) is 0 Å². The van der Waals surface area contributed by atoms with Gasteiger partial charge in [-0.05, 0) is 18.2 Å². The number of phenolic OH excluding ortho intramolecular Hbond substituents is 4. The Bertz CT molecular complexity index is 1250. The van der Waals surface area contributed by atoms with E-state index >= 15 is 0 Å². The lowest BCUT2D eigenvalue weighted by Crippen LogP contribution is -2.60. The summed E-state index contributed by atoms with van der Waals surface area (Å²) in [5.74, 6) is -2.94. The van der Waals surface area contributed by atoms with Crippen LogP contribution in [0.2, 0.25) is 0 Å². The van der Waals surface area contributed by atoms with Gasteiger partial charge in [0.25, 0.3) is 0 Å². The van der Waals surface area contributed by atoms with Crippen LogP contribution in [0.1, 0.15) is 0 Å². The summed E-state index contributed by atoms with van der Waals surface area (Å²) in [5.41, 5.74) is -1.06. The van der Waals surface area contributed by atoms with E-state index in [1.807, 2.05) is 0 Å². The largest absolute Gasteiger partial charge is 0.507 e. The van der Waals surface area contributed by atoms with Crippen molar-refractivity contribution in [1.29, 1.82) is 0 Å². The minimum Gasteiger partial charge on any atom is -0.507 e. The van der Waals surface area contributed by atoms with Crippen molar-refractivity contribution in [2.75, 3.05) is 6.61 Å². The molecule has 1 aliphatic heterocycles. The topological polar surface area (TPSA) is 211 Å². The van der Waals surface area contributed by atoms with Gasteiger partial charge in [-0.1, -0.05) is 0 Å². The third-order valence-electron chi connectivity index (χ3n) is 5.26. The number of aliphatic hydroxyl groups is 4. The van der Waals surface area contributed by atoms with Crippen molar-refractivity contribution < 1.29 is 54.7 Å². The lowest BCUT2D eigenvalue weighted by molar-refractivity contribution is -0.277. The molecule has 4 rings (SSSR count). The molecule has 0 bridgehead atoms. The number of benzene rings is 2. The Morgan fingerprint density at radius 2 is 1.58 bits per heavy atom. The zero-order valence-electron chi connectivity index (χ0n) is 16.7. The highest BCUT2D eigenvalue weighted by Gasteiger charge is 2.45. The number of hydrogen-bond donors (Lipinski definition) is 8. The SMILES string of the molecule is O=c1cc(-c2ccc(O)c(O)c2)oc2c(O[C@@H]3O[C@H](CO)[C@@H](O)[C@H](O)[C@H]3O)c(O)cc(O)c12. The van der Waals surface area contributed by atoms with Crippen LogP contribution < -0.4 is 10.2 Å². The van der Waals surface area contributed by atoms with E-state index in [1.54, 1.807) is 0 Å². The molecular weight excluding hydrogens is 444 g/mol. The lowest BCUT2D eigenvalue weighted by Gasteiger charge is -2.39. The first kappa shape index (κ1) is 22.6. The van der Waals surface area contributed by atoms with E-state index in [0.717, 1.165) is 24.3 Å². The van der Waals surface area contributed by atoms with Crippen LogP contribution in [0.4, 0.5) is 0 Å². The van der Waals surface area contributed by atoms with E-state index in [4.69, 9.17) is 13.9 Å². The molecule has 5 atom stereocenters. The molecule has 1 saturated heterocycles. The van der Waals surface area contributed by atoms with Crippen molar-refractivity contribution >= 4 is 11.0 Å². The predicted octanol–water partition coefficient (Wildman–Crippen LogP) is -0.539. The maximum absolute atomic E-state index is 12.7. The second kappa shape index (κ2) is 8.42. The van der Waals surface area contributed by atoms with Crippen molar-refractivity contribution in [3.63, 3.8) is 0 Å². The van der Waals surface area contributed by atoms with E-state index in [2.05, 4.69) is 0 Å². The maximum Gasteiger partial charge on any atom is 0.229 e. The molecule has 0 saturated carbocycles. The van der Waals surface area contributed by atoms with Crippen molar-refractivity contribution in [3.05, 3.63) is 40.6 Å². The molecular formula is C21H20O12. The Morgan fingerprint density at radius 3 is 2.24 bits per heavy atom. The fourth-order valence-corrected chi connectivity index (χ4v) is 3.49. The molecule has 0 spiro atoms. The number of rotatable bonds is 4. The zero-order valence-corrected chi connectivity index (χ0v) is 16.7. The summed E-state index contributed by atoms with van der Waals surface area (Å²) in [6.45, 7) is -0.726. The van der Waals surface area contributed by atoms with Gasteiger partial charge in [0.2, 0.25) is 12.0 Å². The standard InChI is InChI=1S/C21H20O12/c22-6-14-16(28)17(29)18(30)21(32-14)33-19-12(27)4-10(25)15-11(26)5-13(31-20(15)19)7-1-2-8(23)9(24)3-7/h1-5,14,16-18,21-25,27-30H,6H2/t14-,16-,17+,18-,21+/m1/s1. The predicted molar refractivity (Wildman–Crippen MR) is 109 cm³/mol. The van der Waals surface area contributed by atoms with Gasteiger partial charge in [-0.25, -0.2) is 0 Å². The lowest BCUT2D eigenvalue weighted by atomic mass is 9.99. The molecule has 12 heteroatoms. The van der Waals surface area contributed by atoms with Gasteiger partial charge >= 0.3 is 0 Å². The van der Waals surface area contributed by atoms with Crippen molar-refractivity contribution in [2.45, 2.75) is 30.7 Å². The van der Waals surface area contributed by atoms with E-state index in [-0.39, 0.29) is 16.7 Å². The molecule has 3 aromatic rings. The van der Waals surface area contributed by atoms with Gasteiger partial charge in [-0.3, -0.25) is 4.79 Å². The fourth-order valence-electron chi connectivity index (χ4n) is 3.49. The van der Waals surface area contributed by atoms with Gasteiger partial charge in [0, 0.05) is 17.7 Å². The van der Waals surface area contributed by atoms with Gasteiger partial charge in [-0.15, -0.1) is 0 Å². The first-order chi connectivity index (χ1) is 15.6. The van der Waals surface area contributed by atoms with Crippen LogP contribution in [-0.2, 0) is 4.74 Å². The van der Waals surface area contributed by atoms with E-state index in [0.29, 0.717) is 0 Å². The van der Waals surface area contributed by atoms with Gasteiger partial charge in [0.05, 0.1) is 6.61 Å². The van der Waals surface area contributed by atoms with Crippen LogP contribution in [0, 0.1) is 0 Å². The quantitative estimate of drug-likeness (QED) is 0.229. The number of aromatic hydroxyl groups is 4. The summed E-state index contributed by atoms with van der Waals surface area (Å²) in [7, 11) is 0. The maximum atomic E-state index is 12.7. The monoisotopic (exact) mass is 464 g/mol. The summed E-state index contributed by atoms with van der Waals surface area (Å²) < 4.78 is 16.4. The fraction of sp³-hybridized carbons (Fsp3) is 0.286. The molecule has 1 aromatic heterocycles. The van der Waals surface area contributed by atoms with Gasteiger partial charge in [0.15, 0.2) is 28.3 Å². The van der Waals surface area contributed by atoms with Crippen molar-refractivity contribution in [2.24, 2.45) is 0 Å². The van der Waals surface area contributed by atoms with Gasteiger partial charge in [0.1, 0.15) is 41.3 Å². The Labute approximate surface area is 184 Å². The summed E-state index contributed by atoms with van der Waals surface area (Å²) in [6.07, 6.45) is -8.27. The second-order valence-electron chi connectivity index (χ2n) is 7.44. The van der Waals surface area contributed by atoms with Gasteiger partial charge < -0.3 is 54.7 Å². The Balaban J connectivity index is 1.85.